The van der Waals surface area contributed by atoms with Gasteiger partial charge in [0.15, 0.2) is 5.96 Å². The molecule has 0 heterocycles. The van der Waals surface area contributed by atoms with Crippen LogP contribution in [0.3, 0.4) is 0 Å². The zero-order valence-corrected chi connectivity index (χ0v) is 19.3. The molecule has 0 saturated carbocycles. The first-order chi connectivity index (χ1) is 12.5. The summed E-state index contributed by atoms with van der Waals surface area (Å²) in [6.45, 7) is 10.7. The van der Waals surface area contributed by atoms with Crippen LogP contribution in [0.25, 0.3) is 0 Å². The summed E-state index contributed by atoms with van der Waals surface area (Å²) >= 11 is 0. The lowest BCUT2D eigenvalue weighted by molar-refractivity contribution is -0.121. The van der Waals surface area contributed by atoms with Crippen molar-refractivity contribution < 1.29 is 9.53 Å². The number of hydrogen-bond donors (Lipinski definition) is 3. The first-order valence-corrected chi connectivity index (χ1v) is 9.51. The van der Waals surface area contributed by atoms with Crippen molar-refractivity contribution in [2.45, 2.75) is 52.7 Å². The van der Waals surface area contributed by atoms with E-state index in [1.807, 2.05) is 39.0 Å². The van der Waals surface area contributed by atoms with Gasteiger partial charge in [0.25, 0.3) is 0 Å². The van der Waals surface area contributed by atoms with Crippen LogP contribution in [0.4, 0.5) is 0 Å². The Kier molecular flexibility index (Phi) is 14.9. The molecule has 6 nitrogen and oxygen atoms in total. The Balaban J connectivity index is 0.00000676. The number of guanidine groups is 1. The van der Waals surface area contributed by atoms with Crippen molar-refractivity contribution >= 4 is 35.8 Å². The molecule has 1 rings (SSSR count). The lowest BCUT2D eigenvalue weighted by atomic mass is 10.1. The molecule has 154 valence electrons. The second kappa shape index (κ2) is 15.7. The highest BCUT2D eigenvalue weighted by Crippen LogP contribution is 2.15. The van der Waals surface area contributed by atoms with Crippen molar-refractivity contribution in [1.82, 2.24) is 16.0 Å². The van der Waals surface area contributed by atoms with Crippen LogP contribution < -0.4 is 16.0 Å². The van der Waals surface area contributed by atoms with Gasteiger partial charge in [-0.05, 0) is 39.7 Å². The summed E-state index contributed by atoms with van der Waals surface area (Å²) in [4.78, 5) is 16.2. The van der Waals surface area contributed by atoms with Gasteiger partial charge in [0, 0.05) is 38.7 Å². The molecular formula is C20H35IN4O2. The first kappa shape index (κ1) is 25.6. The molecule has 0 saturated heterocycles. The van der Waals surface area contributed by atoms with Crippen LogP contribution in [0.1, 0.15) is 52.2 Å². The van der Waals surface area contributed by atoms with E-state index in [1.54, 1.807) is 0 Å². The average molecular weight is 490 g/mol. The van der Waals surface area contributed by atoms with E-state index >= 15 is 0 Å². The van der Waals surface area contributed by atoms with Crippen LogP contribution in [0.5, 0.6) is 0 Å². The zero-order chi connectivity index (χ0) is 19.2. The standard InChI is InChI=1S/C20H34N4O2.HI/c1-5-21-20(23-14-12-19(25)24-16(2)3)22-13-9-15-26-17(4)18-10-7-6-8-11-18;/h6-8,10-11,16-17H,5,9,12-15H2,1-4H3,(H,24,25)(H2,21,22,23);1H. The molecule has 7 heteroatoms. The van der Waals surface area contributed by atoms with Gasteiger partial charge in [-0.2, -0.15) is 0 Å². The van der Waals surface area contributed by atoms with Crippen molar-refractivity contribution in [1.29, 1.82) is 0 Å². The summed E-state index contributed by atoms with van der Waals surface area (Å²) in [6, 6.07) is 10.4. The molecule has 0 bridgehead atoms. The number of amides is 1. The Morgan fingerprint density at radius 1 is 1.15 bits per heavy atom. The number of carbonyl (C=O) groups excluding carboxylic acids is 1. The van der Waals surface area contributed by atoms with E-state index in [1.165, 1.54) is 5.56 Å². The summed E-state index contributed by atoms with van der Waals surface area (Å²) in [6.07, 6.45) is 1.37. The highest BCUT2D eigenvalue weighted by atomic mass is 127. The minimum Gasteiger partial charge on any atom is -0.374 e. The summed E-state index contributed by atoms with van der Waals surface area (Å²) < 4.78 is 5.86. The number of hydrogen-bond acceptors (Lipinski definition) is 3. The number of nitrogens with zero attached hydrogens (tertiary/aromatic N) is 1. The molecule has 1 atom stereocenters. The van der Waals surface area contributed by atoms with E-state index in [2.05, 4.69) is 40.0 Å². The SMILES string of the molecule is CCNC(=NCCCOC(C)c1ccccc1)NCCC(=O)NC(C)C.I. The predicted octanol–water partition coefficient (Wildman–Crippen LogP) is 3.24. The van der Waals surface area contributed by atoms with Gasteiger partial charge in [-0.25, -0.2) is 0 Å². The van der Waals surface area contributed by atoms with Gasteiger partial charge in [0.2, 0.25) is 5.91 Å². The molecule has 27 heavy (non-hydrogen) atoms. The quantitative estimate of drug-likeness (QED) is 0.193. The monoisotopic (exact) mass is 490 g/mol. The van der Waals surface area contributed by atoms with Crippen molar-refractivity contribution in [2.75, 3.05) is 26.2 Å². The van der Waals surface area contributed by atoms with E-state index in [4.69, 9.17) is 4.74 Å². The lowest BCUT2D eigenvalue weighted by Gasteiger charge is -2.14. The van der Waals surface area contributed by atoms with E-state index in [0.717, 1.165) is 18.9 Å². The highest BCUT2D eigenvalue weighted by Gasteiger charge is 2.05. The summed E-state index contributed by atoms with van der Waals surface area (Å²) in [5.74, 6) is 0.785. The van der Waals surface area contributed by atoms with Gasteiger partial charge in [0.1, 0.15) is 0 Å². The van der Waals surface area contributed by atoms with Crippen LogP contribution in [0.15, 0.2) is 35.3 Å². The smallest absolute Gasteiger partial charge is 0.221 e. The molecule has 0 aromatic heterocycles. The van der Waals surface area contributed by atoms with Crippen LogP contribution in [-0.4, -0.2) is 44.1 Å². The Morgan fingerprint density at radius 2 is 1.85 bits per heavy atom. The normalized spacial score (nSPS) is 12.3. The first-order valence-electron chi connectivity index (χ1n) is 9.51. The third-order valence-electron chi connectivity index (χ3n) is 3.65. The third kappa shape index (κ3) is 12.6. The number of carbonyl (C=O) groups is 1. The second-order valence-corrected chi connectivity index (χ2v) is 6.44. The van der Waals surface area contributed by atoms with Gasteiger partial charge in [-0.3, -0.25) is 9.79 Å². The fourth-order valence-electron chi connectivity index (χ4n) is 2.37. The van der Waals surface area contributed by atoms with Gasteiger partial charge < -0.3 is 20.7 Å². The van der Waals surface area contributed by atoms with E-state index in [0.29, 0.717) is 26.1 Å². The van der Waals surface area contributed by atoms with Gasteiger partial charge in [0.05, 0.1) is 6.10 Å². The van der Waals surface area contributed by atoms with Crippen LogP contribution in [0.2, 0.25) is 0 Å². The lowest BCUT2D eigenvalue weighted by Crippen LogP contribution is -2.40. The molecule has 0 fully saturated rings. The maximum absolute atomic E-state index is 11.6. The fourth-order valence-corrected chi connectivity index (χ4v) is 2.37. The van der Waals surface area contributed by atoms with Crippen molar-refractivity contribution in [3.05, 3.63) is 35.9 Å². The largest absolute Gasteiger partial charge is 0.374 e. The van der Waals surface area contributed by atoms with Gasteiger partial charge in [-0.15, -0.1) is 24.0 Å². The molecular weight excluding hydrogens is 455 g/mol. The molecule has 0 spiro atoms. The zero-order valence-electron chi connectivity index (χ0n) is 17.0. The predicted molar refractivity (Wildman–Crippen MR) is 123 cm³/mol. The number of rotatable bonds is 11. The Hall–Kier alpha value is -1.35. The number of halogens is 1. The Labute approximate surface area is 181 Å². The molecule has 1 unspecified atom stereocenters. The molecule has 1 aromatic carbocycles. The minimum absolute atomic E-state index is 0. The van der Waals surface area contributed by atoms with Crippen LogP contribution >= 0.6 is 24.0 Å². The van der Waals surface area contributed by atoms with Crippen LogP contribution in [-0.2, 0) is 9.53 Å². The maximum atomic E-state index is 11.6. The molecule has 0 aliphatic heterocycles. The molecule has 3 N–H and O–H groups in total. The summed E-state index contributed by atoms with van der Waals surface area (Å²) in [7, 11) is 0. The van der Waals surface area contributed by atoms with Gasteiger partial charge in [-0.1, -0.05) is 30.3 Å². The second-order valence-electron chi connectivity index (χ2n) is 6.44. The van der Waals surface area contributed by atoms with E-state index in [-0.39, 0.29) is 42.0 Å². The van der Waals surface area contributed by atoms with E-state index in [9.17, 15) is 4.79 Å². The summed E-state index contributed by atoms with van der Waals surface area (Å²) in [5.41, 5.74) is 1.19. The molecule has 0 aliphatic rings. The Morgan fingerprint density at radius 3 is 2.48 bits per heavy atom. The van der Waals surface area contributed by atoms with Crippen molar-refractivity contribution in [3.63, 3.8) is 0 Å². The summed E-state index contributed by atoms with van der Waals surface area (Å²) in [5, 5.41) is 9.25. The van der Waals surface area contributed by atoms with Gasteiger partial charge >= 0.3 is 0 Å². The van der Waals surface area contributed by atoms with E-state index < -0.39 is 0 Å². The third-order valence-corrected chi connectivity index (χ3v) is 3.65. The molecule has 0 aliphatic carbocycles. The number of nitrogens with one attached hydrogen (secondary N) is 3. The highest BCUT2D eigenvalue weighted by molar-refractivity contribution is 14.0. The maximum Gasteiger partial charge on any atom is 0.221 e. The number of benzene rings is 1. The fraction of sp³-hybridized carbons (Fsp3) is 0.600. The minimum atomic E-state index is 0. The topological polar surface area (TPSA) is 74.8 Å². The van der Waals surface area contributed by atoms with Crippen molar-refractivity contribution in [3.8, 4) is 0 Å². The number of ether oxygens (including phenoxy) is 1. The molecule has 0 radical (unpaired) electrons. The molecule has 1 amide bonds. The van der Waals surface area contributed by atoms with Crippen molar-refractivity contribution in [2.24, 2.45) is 4.99 Å². The Bertz CT molecular complexity index is 538. The molecule has 1 aromatic rings. The number of aliphatic imine (C=N–C) groups is 1. The van der Waals surface area contributed by atoms with Crippen LogP contribution in [0, 0.1) is 0 Å². The average Bonchev–Trinajstić information content (AvgIpc) is 2.61.